The Hall–Kier alpha value is -3.93. The molecule has 0 radical (unpaired) electrons. The van der Waals surface area contributed by atoms with E-state index in [1.165, 1.54) is 0 Å². The highest BCUT2D eigenvalue weighted by Gasteiger charge is 2.10. The van der Waals surface area contributed by atoms with Gasteiger partial charge in [-0.05, 0) is 42.5 Å². The molecule has 2 amide bonds. The standard InChI is InChI=1S/C21H16N4O2/c26-13-14-9-10-19-18(11-14)20(25-24-19)15-5-4-8-17(12-15)23-21(27)22-16-6-2-1-3-7-16/h1-13H,(H,24,25)(H2,22,23,27). The predicted octanol–water partition coefficient (Wildman–Crippen LogP) is 4.69. The highest BCUT2D eigenvalue weighted by molar-refractivity contribution is 6.01. The lowest BCUT2D eigenvalue weighted by Gasteiger charge is -2.08. The zero-order valence-corrected chi connectivity index (χ0v) is 14.3. The van der Waals surface area contributed by atoms with E-state index in [9.17, 15) is 9.59 Å². The number of rotatable bonds is 4. The Kier molecular flexibility index (Phi) is 4.37. The van der Waals surface area contributed by atoms with Crippen LogP contribution in [-0.4, -0.2) is 22.5 Å². The van der Waals surface area contributed by atoms with Gasteiger partial charge in [0.05, 0.1) is 11.2 Å². The van der Waals surface area contributed by atoms with Crippen molar-refractivity contribution in [2.45, 2.75) is 0 Å². The number of nitrogens with zero attached hydrogens (tertiary/aromatic N) is 1. The molecule has 3 N–H and O–H groups in total. The van der Waals surface area contributed by atoms with E-state index in [-0.39, 0.29) is 6.03 Å². The van der Waals surface area contributed by atoms with E-state index in [2.05, 4.69) is 20.8 Å². The monoisotopic (exact) mass is 356 g/mol. The number of hydrogen-bond acceptors (Lipinski definition) is 3. The van der Waals surface area contributed by atoms with Crippen LogP contribution in [0, 0.1) is 0 Å². The zero-order chi connectivity index (χ0) is 18.6. The van der Waals surface area contributed by atoms with E-state index >= 15 is 0 Å². The lowest BCUT2D eigenvalue weighted by molar-refractivity contribution is 0.112. The summed E-state index contributed by atoms with van der Waals surface area (Å²) < 4.78 is 0. The van der Waals surface area contributed by atoms with E-state index in [0.717, 1.165) is 28.4 Å². The number of hydrogen-bond donors (Lipinski definition) is 3. The molecule has 4 rings (SSSR count). The van der Waals surface area contributed by atoms with Gasteiger partial charge in [-0.2, -0.15) is 5.10 Å². The van der Waals surface area contributed by atoms with E-state index < -0.39 is 0 Å². The Morgan fingerprint density at radius 2 is 1.67 bits per heavy atom. The molecule has 3 aromatic carbocycles. The number of aldehydes is 1. The number of aromatic amines is 1. The lowest BCUT2D eigenvalue weighted by Crippen LogP contribution is -2.19. The number of benzene rings is 3. The first-order valence-electron chi connectivity index (χ1n) is 8.40. The van der Waals surface area contributed by atoms with Crippen molar-refractivity contribution >= 4 is 34.6 Å². The fraction of sp³-hybridized carbons (Fsp3) is 0. The second kappa shape index (κ2) is 7.13. The average Bonchev–Trinajstić information content (AvgIpc) is 3.12. The third kappa shape index (κ3) is 3.55. The van der Waals surface area contributed by atoms with Crippen molar-refractivity contribution in [2.75, 3.05) is 10.6 Å². The summed E-state index contributed by atoms with van der Waals surface area (Å²) in [6.45, 7) is 0. The first kappa shape index (κ1) is 16.5. The largest absolute Gasteiger partial charge is 0.323 e. The number of para-hydroxylation sites is 1. The van der Waals surface area contributed by atoms with Gasteiger partial charge in [0.1, 0.15) is 6.29 Å². The SMILES string of the molecule is O=Cc1ccc2[nH]nc(-c3cccc(NC(=O)Nc4ccccc4)c3)c2c1. The number of carbonyl (C=O) groups excluding carboxylic acids is 2. The molecule has 0 aliphatic heterocycles. The minimum Gasteiger partial charge on any atom is -0.308 e. The fourth-order valence-corrected chi connectivity index (χ4v) is 2.88. The second-order valence-corrected chi connectivity index (χ2v) is 6.02. The van der Waals surface area contributed by atoms with Crippen LogP contribution in [0.2, 0.25) is 0 Å². The minimum atomic E-state index is -0.325. The fourth-order valence-electron chi connectivity index (χ4n) is 2.88. The molecular weight excluding hydrogens is 340 g/mol. The van der Waals surface area contributed by atoms with Crippen LogP contribution in [0.1, 0.15) is 10.4 Å². The van der Waals surface area contributed by atoms with Crippen LogP contribution in [0.3, 0.4) is 0 Å². The van der Waals surface area contributed by atoms with Crippen LogP contribution in [0.15, 0.2) is 72.8 Å². The highest BCUT2D eigenvalue weighted by Crippen LogP contribution is 2.28. The van der Waals surface area contributed by atoms with Gasteiger partial charge in [-0.1, -0.05) is 30.3 Å². The second-order valence-electron chi connectivity index (χ2n) is 6.02. The van der Waals surface area contributed by atoms with Crippen molar-refractivity contribution in [3.8, 4) is 11.3 Å². The summed E-state index contributed by atoms with van der Waals surface area (Å²) in [4.78, 5) is 23.3. The van der Waals surface area contributed by atoms with Gasteiger partial charge in [0, 0.05) is 27.9 Å². The molecule has 1 heterocycles. The van der Waals surface area contributed by atoms with Gasteiger partial charge in [-0.15, -0.1) is 0 Å². The molecule has 0 saturated carbocycles. The van der Waals surface area contributed by atoms with Crippen molar-refractivity contribution in [3.05, 3.63) is 78.4 Å². The predicted molar refractivity (Wildman–Crippen MR) is 106 cm³/mol. The highest BCUT2D eigenvalue weighted by atomic mass is 16.2. The van der Waals surface area contributed by atoms with Gasteiger partial charge in [-0.3, -0.25) is 9.89 Å². The van der Waals surface area contributed by atoms with E-state index in [1.54, 1.807) is 18.2 Å². The third-order valence-electron chi connectivity index (χ3n) is 4.15. The van der Waals surface area contributed by atoms with Crippen molar-refractivity contribution in [1.82, 2.24) is 10.2 Å². The van der Waals surface area contributed by atoms with Crippen LogP contribution in [0.4, 0.5) is 16.2 Å². The van der Waals surface area contributed by atoms with Crippen LogP contribution in [-0.2, 0) is 0 Å². The van der Waals surface area contributed by atoms with Gasteiger partial charge in [-0.25, -0.2) is 4.79 Å². The number of carbonyl (C=O) groups is 2. The van der Waals surface area contributed by atoms with E-state index in [1.807, 2.05) is 54.6 Å². The summed E-state index contributed by atoms with van der Waals surface area (Å²) in [5.74, 6) is 0. The molecule has 0 atom stereocenters. The van der Waals surface area contributed by atoms with Crippen LogP contribution in [0.25, 0.3) is 22.2 Å². The summed E-state index contributed by atoms with van der Waals surface area (Å²) in [5, 5.41) is 13.8. The normalized spacial score (nSPS) is 10.5. The van der Waals surface area contributed by atoms with Crippen molar-refractivity contribution in [2.24, 2.45) is 0 Å². The van der Waals surface area contributed by atoms with Gasteiger partial charge >= 0.3 is 6.03 Å². The molecule has 0 spiro atoms. The molecule has 1 aromatic heterocycles. The Labute approximate surface area is 155 Å². The maximum absolute atomic E-state index is 12.2. The topological polar surface area (TPSA) is 86.9 Å². The summed E-state index contributed by atoms with van der Waals surface area (Å²) >= 11 is 0. The lowest BCUT2D eigenvalue weighted by atomic mass is 10.1. The molecule has 6 heteroatoms. The first-order chi connectivity index (χ1) is 13.2. The molecular formula is C21H16N4O2. The maximum Gasteiger partial charge on any atom is 0.323 e. The number of aromatic nitrogens is 2. The molecule has 0 fully saturated rings. The molecule has 0 saturated heterocycles. The molecule has 0 aliphatic carbocycles. The van der Waals surface area contributed by atoms with E-state index in [4.69, 9.17) is 0 Å². The Morgan fingerprint density at radius 3 is 2.48 bits per heavy atom. The number of amides is 2. The summed E-state index contributed by atoms with van der Waals surface area (Å²) in [5.41, 5.74) is 4.34. The number of nitrogens with one attached hydrogen (secondary N) is 3. The Balaban J connectivity index is 1.59. The number of fused-ring (bicyclic) bond motifs is 1. The smallest absolute Gasteiger partial charge is 0.308 e. The quantitative estimate of drug-likeness (QED) is 0.464. The van der Waals surface area contributed by atoms with Gasteiger partial charge in [0.2, 0.25) is 0 Å². The van der Waals surface area contributed by atoms with Crippen molar-refractivity contribution in [1.29, 1.82) is 0 Å². The molecule has 4 aromatic rings. The summed E-state index contributed by atoms with van der Waals surface area (Å²) in [7, 11) is 0. The third-order valence-corrected chi connectivity index (χ3v) is 4.15. The van der Waals surface area contributed by atoms with Crippen molar-refractivity contribution < 1.29 is 9.59 Å². The number of anilines is 2. The maximum atomic E-state index is 12.2. The molecule has 0 unspecified atom stereocenters. The minimum absolute atomic E-state index is 0.325. The molecule has 0 bridgehead atoms. The van der Waals surface area contributed by atoms with Crippen LogP contribution in [0.5, 0.6) is 0 Å². The Morgan fingerprint density at radius 1 is 0.889 bits per heavy atom. The van der Waals surface area contributed by atoms with Crippen molar-refractivity contribution in [3.63, 3.8) is 0 Å². The molecule has 27 heavy (non-hydrogen) atoms. The molecule has 6 nitrogen and oxygen atoms in total. The number of urea groups is 1. The van der Waals surface area contributed by atoms with Gasteiger partial charge in [0.25, 0.3) is 0 Å². The van der Waals surface area contributed by atoms with Crippen LogP contribution >= 0.6 is 0 Å². The zero-order valence-electron chi connectivity index (χ0n) is 14.3. The molecule has 132 valence electrons. The van der Waals surface area contributed by atoms with Gasteiger partial charge < -0.3 is 10.6 Å². The Bertz CT molecular complexity index is 1120. The first-order valence-corrected chi connectivity index (χ1v) is 8.40. The molecule has 0 aliphatic rings. The van der Waals surface area contributed by atoms with Gasteiger partial charge in [0.15, 0.2) is 0 Å². The van der Waals surface area contributed by atoms with E-state index in [0.29, 0.717) is 16.9 Å². The summed E-state index contributed by atoms with van der Waals surface area (Å²) in [6, 6.07) is 21.7. The number of H-pyrrole nitrogens is 1. The summed E-state index contributed by atoms with van der Waals surface area (Å²) in [6.07, 6.45) is 0.808. The van der Waals surface area contributed by atoms with Crippen LogP contribution < -0.4 is 10.6 Å². The average molecular weight is 356 g/mol.